The van der Waals surface area contributed by atoms with E-state index in [1.807, 2.05) is 74.1 Å². The van der Waals surface area contributed by atoms with E-state index in [9.17, 15) is 4.79 Å². The van der Waals surface area contributed by atoms with Crippen LogP contribution in [0, 0.1) is 11.8 Å². The molecule has 0 saturated heterocycles. The quantitative estimate of drug-likeness (QED) is 0.327. The van der Waals surface area contributed by atoms with Crippen molar-refractivity contribution in [2.75, 3.05) is 5.73 Å². The molecule has 0 unspecified atom stereocenters. The molecule has 8 nitrogen and oxygen atoms in total. The number of anilines is 1. The summed E-state index contributed by atoms with van der Waals surface area (Å²) in [6.45, 7) is 1.93. The van der Waals surface area contributed by atoms with Crippen molar-refractivity contribution < 1.29 is 4.79 Å². The highest BCUT2D eigenvalue weighted by molar-refractivity contribution is 7.17. The van der Waals surface area contributed by atoms with Crippen molar-refractivity contribution in [3.05, 3.63) is 101 Å². The molecular formula is C29H23N7OS. The lowest BCUT2D eigenvalue weighted by molar-refractivity contribution is 0.0942. The zero-order chi connectivity index (χ0) is 26.2. The van der Waals surface area contributed by atoms with Crippen LogP contribution in [0.4, 0.5) is 5.82 Å². The summed E-state index contributed by atoms with van der Waals surface area (Å²) in [6, 6.07) is 17.3. The minimum Gasteiger partial charge on any atom is -0.382 e. The van der Waals surface area contributed by atoms with E-state index >= 15 is 0 Å². The lowest BCUT2D eigenvalue weighted by atomic mass is 9.98. The molecule has 0 fully saturated rings. The zero-order valence-corrected chi connectivity index (χ0v) is 21.5. The molecule has 0 bridgehead atoms. The minimum absolute atomic E-state index is 0.183. The van der Waals surface area contributed by atoms with Gasteiger partial charge in [-0.25, -0.2) is 9.50 Å². The van der Waals surface area contributed by atoms with E-state index in [2.05, 4.69) is 33.4 Å². The lowest BCUT2D eigenvalue weighted by Crippen LogP contribution is -2.28. The molecule has 0 aliphatic rings. The Morgan fingerprint density at radius 2 is 1.95 bits per heavy atom. The number of aryl methyl sites for hydroxylation is 1. The molecule has 1 aromatic carbocycles. The van der Waals surface area contributed by atoms with Crippen LogP contribution in [0.15, 0.2) is 78.6 Å². The number of benzene rings is 1. The van der Waals surface area contributed by atoms with Gasteiger partial charge in [0.1, 0.15) is 10.4 Å². The van der Waals surface area contributed by atoms with E-state index in [1.54, 1.807) is 21.6 Å². The number of thiophene rings is 1. The van der Waals surface area contributed by atoms with Crippen LogP contribution in [0.25, 0.3) is 26.9 Å². The van der Waals surface area contributed by atoms with Crippen LogP contribution in [0.3, 0.4) is 0 Å². The van der Waals surface area contributed by atoms with E-state index in [4.69, 9.17) is 10.7 Å². The molecule has 1 atom stereocenters. The number of aromatic nitrogens is 5. The Balaban J connectivity index is 1.40. The van der Waals surface area contributed by atoms with Gasteiger partial charge >= 0.3 is 0 Å². The van der Waals surface area contributed by atoms with Gasteiger partial charge in [0.25, 0.3) is 5.91 Å². The fourth-order valence-electron chi connectivity index (χ4n) is 4.46. The van der Waals surface area contributed by atoms with Crippen LogP contribution in [-0.4, -0.2) is 30.3 Å². The second-order valence-corrected chi connectivity index (χ2v) is 9.79. The SMILES string of the molecule is C[C@H](NC(=O)c1c(N)nn2ccccc12)c1nc2scc(C#Cc3cnn(C)c3)c2cc1-c1ccccc1. The standard InChI is InChI=1S/C29H23N7OS/c1-18(32-28(37)25-24-10-6-7-13-36(24)34-27(25)30)26-22(20-8-4-3-5-9-20)14-23-21(17-38-29(23)33-26)12-11-19-15-31-35(2)16-19/h3-10,13-18H,1-2H3,(H2,30,34)(H,32,37)/t18-/m0/s1. The molecule has 0 aliphatic heterocycles. The predicted octanol–water partition coefficient (Wildman–Crippen LogP) is 4.82. The smallest absolute Gasteiger partial charge is 0.257 e. The summed E-state index contributed by atoms with van der Waals surface area (Å²) in [5.41, 5.74) is 11.6. The highest BCUT2D eigenvalue weighted by Crippen LogP contribution is 2.34. The van der Waals surface area contributed by atoms with Crippen molar-refractivity contribution in [3.8, 4) is 23.0 Å². The summed E-state index contributed by atoms with van der Waals surface area (Å²) in [5, 5.41) is 14.5. The van der Waals surface area contributed by atoms with Crippen molar-refractivity contribution in [2.24, 2.45) is 7.05 Å². The highest BCUT2D eigenvalue weighted by atomic mass is 32.1. The average molecular weight is 518 g/mol. The molecule has 0 spiro atoms. The topological polar surface area (TPSA) is 103 Å². The summed E-state index contributed by atoms with van der Waals surface area (Å²) in [6.07, 6.45) is 5.39. The molecule has 0 radical (unpaired) electrons. The summed E-state index contributed by atoms with van der Waals surface area (Å²) in [7, 11) is 1.87. The first-order valence-electron chi connectivity index (χ1n) is 12.0. The molecule has 0 aliphatic carbocycles. The molecule has 1 amide bonds. The first kappa shape index (κ1) is 23.5. The number of nitrogens with zero attached hydrogens (tertiary/aromatic N) is 5. The number of rotatable bonds is 4. The van der Waals surface area contributed by atoms with Gasteiger partial charge in [-0.15, -0.1) is 16.4 Å². The molecule has 5 aromatic heterocycles. The van der Waals surface area contributed by atoms with Crippen molar-refractivity contribution >= 4 is 38.8 Å². The molecule has 38 heavy (non-hydrogen) atoms. The van der Waals surface area contributed by atoms with Gasteiger partial charge in [0, 0.05) is 41.3 Å². The number of pyridine rings is 2. The molecule has 5 heterocycles. The van der Waals surface area contributed by atoms with Gasteiger partial charge in [-0.2, -0.15) is 5.10 Å². The molecule has 0 saturated carbocycles. The molecule has 9 heteroatoms. The molecule has 6 rings (SSSR count). The van der Waals surface area contributed by atoms with Crippen LogP contribution < -0.4 is 11.1 Å². The number of carbonyl (C=O) groups is 1. The third-order valence-corrected chi connectivity index (χ3v) is 7.17. The Bertz CT molecular complexity index is 1870. The van der Waals surface area contributed by atoms with Crippen molar-refractivity contribution in [1.29, 1.82) is 0 Å². The van der Waals surface area contributed by atoms with Gasteiger partial charge < -0.3 is 11.1 Å². The monoisotopic (exact) mass is 517 g/mol. The maximum atomic E-state index is 13.4. The number of nitrogens with two attached hydrogens (primary N) is 1. The summed E-state index contributed by atoms with van der Waals surface area (Å²) >= 11 is 1.53. The van der Waals surface area contributed by atoms with Crippen molar-refractivity contribution in [3.63, 3.8) is 0 Å². The summed E-state index contributed by atoms with van der Waals surface area (Å²) < 4.78 is 3.34. The maximum Gasteiger partial charge on any atom is 0.257 e. The molecule has 186 valence electrons. The Morgan fingerprint density at radius 1 is 1.13 bits per heavy atom. The lowest BCUT2D eigenvalue weighted by Gasteiger charge is -2.18. The Morgan fingerprint density at radius 3 is 2.74 bits per heavy atom. The van der Waals surface area contributed by atoms with E-state index in [0.717, 1.165) is 38.2 Å². The third-order valence-electron chi connectivity index (χ3n) is 6.28. The Hall–Kier alpha value is -4.94. The van der Waals surface area contributed by atoms with Gasteiger partial charge in [0.2, 0.25) is 0 Å². The van der Waals surface area contributed by atoms with Crippen LogP contribution in [0.5, 0.6) is 0 Å². The van der Waals surface area contributed by atoms with Gasteiger partial charge in [0.05, 0.1) is 29.0 Å². The molecular weight excluding hydrogens is 494 g/mol. The maximum absolute atomic E-state index is 13.4. The largest absolute Gasteiger partial charge is 0.382 e. The summed E-state index contributed by atoms with van der Waals surface area (Å²) in [4.78, 5) is 19.2. The Kier molecular flexibility index (Phi) is 5.86. The number of hydrogen-bond donors (Lipinski definition) is 2. The second kappa shape index (κ2) is 9.50. The van der Waals surface area contributed by atoms with Gasteiger partial charge in [-0.05, 0) is 30.7 Å². The van der Waals surface area contributed by atoms with E-state index in [0.29, 0.717) is 11.1 Å². The van der Waals surface area contributed by atoms with Crippen LogP contribution >= 0.6 is 11.3 Å². The predicted molar refractivity (Wildman–Crippen MR) is 150 cm³/mol. The van der Waals surface area contributed by atoms with Crippen molar-refractivity contribution in [2.45, 2.75) is 13.0 Å². The van der Waals surface area contributed by atoms with E-state index in [-0.39, 0.29) is 11.7 Å². The first-order chi connectivity index (χ1) is 18.5. The fourth-order valence-corrected chi connectivity index (χ4v) is 5.32. The number of nitrogen functional groups attached to an aromatic ring is 1. The summed E-state index contributed by atoms with van der Waals surface area (Å²) in [5.74, 6) is 6.34. The van der Waals surface area contributed by atoms with Gasteiger partial charge in [0.15, 0.2) is 5.82 Å². The van der Waals surface area contributed by atoms with Gasteiger partial charge in [-0.1, -0.05) is 48.2 Å². The van der Waals surface area contributed by atoms with Crippen LogP contribution in [0.2, 0.25) is 0 Å². The van der Waals surface area contributed by atoms with E-state index in [1.165, 1.54) is 11.3 Å². The van der Waals surface area contributed by atoms with Crippen LogP contribution in [0.1, 0.15) is 40.1 Å². The normalized spacial score (nSPS) is 11.8. The number of hydrogen-bond acceptors (Lipinski definition) is 6. The average Bonchev–Trinajstić information content (AvgIpc) is 3.62. The zero-order valence-electron chi connectivity index (χ0n) is 20.7. The van der Waals surface area contributed by atoms with Gasteiger partial charge in [-0.3, -0.25) is 9.48 Å². The van der Waals surface area contributed by atoms with Crippen LogP contribution in [-0.2, 0) is 7.05 Å². The third kappa shape index (κ3) is 4.27. The molecule has 6 aromatic rings. The first-order valence-corrected chi connectivity index (χ1v) is 12.9. The van der Waals surface area contributed by atoms with Crippen molar-refractivity contribution in [1.82, 2.24) is 29.7 Å². The highest BCUT2D eigenvalue weighted by Gasteiger charge is 2.23. The number of fused-ring (bicyclic) bond motifs is 2. The number of carbonyl (C=O) groups excluding carboxylic acids is 1. The molecule has 3 N–H and O–H groups in total. The number of nitrogens with one attached hydrogen (secondary N) is 1. The Labute approximate surface area is 222 Å². The second-order valence-electron chi connectivity index (χ2n) is 8.93. The number of amides is 1. The van der Waals surface area contributed by atoms with E-state index < -0.39 is 6.04 Å². The minimum atomic E-state index is -0.396. The fraction of sp³-hybridized carbons (Fsp3) is 0.103.